The maximum atomic E-state index is 12.8. The van der Waals surface area contributed by atoms with Crippen LogP contribution in [0.25, 0.3) is 0 Å². The maximum absolute atomic E-state index is 12.8. The molecule has 2 amide bonds. The molecule has 1 saturated carbocycles. The van der Waals surface area contributed by atoms with E-state index < -0.39 is 0 Å². The Labute approximate surface area is 163 Å². The summed E-state index contributed by atoms with van der Waals surface area (Å²) in [7, 11) is 0. The van der Waals surface area contributed by atoms with Crippen LogP contribution < -0.4 is 9.64 Å². The van der Waals surface area contributed by atoms with Crippen LogP contribution in [-0.2, 0) is 9.59 Å². The number of rotatable bonds is 3. The highest BCUT2D eigenvalue weighted by Gasteiger charge is 2.39. The Bertz CT molecular complexity index is 804. The lowest BCUT2D eigenvalue weighted by Gasteiger charge is -2.33. The first-order valence-electron chi connectivity index (χ1n) is 9.18. The molecule has 26 heavy (non-hydrogen) atoms. The van der Waals surface area contributed by atoms with Gasteiger partial charge in [0.05, 0.1) is 27.8 Å². The topological polar surface area (TPSA) is 46.6 Å². The molecule has 4 rings (SSSR count). The highest BCUT2D eigenvalue weighted by molar-refractivity contribution is 6.39. The fourth-order valence-electron chi connectivity index (χ4n) is 4.15. The number of nitrogens with zero attached hydrogens (tertiary/aromatic N) is 1. The van der Waals surface area contributed by atoms with Crippen LogP contribution in [0.15, 0.2) is 23.8 Å². The van der Waals surface area contributed by atoms with Gasteiger partial charge in [-0.3, -0.25) is 9.59 Å². The van der Waals surface area contributed by atoms with Gasteiger partial charge in [-0.1, -0.05) is 36.2 Å². The van der Waals surface area contributed by atoms with Gasteiger partial charge >= 0.3 is 0 Å². The molecule has 3 atom stereocenters. The smallest absolute Gasteiger partial charge is 0.260 e. The summed E-state index contributed by atoms with van der Waals surface area (Å²) in [6.45, 7) is 2.20. The Kier molecular flexibility index (Phi) is 4.74. The van der Waals surface area contributed by atoms with Crippen molar-refractivity contribution in [3.05, 3.63) is 33.8 Å². The van der Waals surface area contributed by atoms with Gasteiger partial charge in [0.2, 0.25) is 5.91 Å². The summed E-state index contributed by atoms with van der Waals surface area (Å²) < 4.78 is 6.07. The van der Waals surface area contributed by atoms with Crippen LogP contribution in [0, 0.1) is 11.8 Å². The van der Waals surface area contributed by atoms with E-state index in [1.165, 1.54) is 4.90 Å². The van der Waals surface area contributed by atoms with Crippen LogP contribution in [0.1, 0.15) is 45.4 Å². The number of anilines is 1. The van der Waals surface area contributed by atoms with E-state index in [2.05, 4.69) is 6.92 Å². The van der Waals surface area contributed by atoms with Crippen LogP contribution in [0.5, 0.6) is 5.75 Å². The summed E-state index contributed by atoms with van der Waals surface area (Å²) in [5, 5.41) is 0.680. The maximum Gasteiger partial charge on any atom is 0.260 e. The van der Waals surface area contributed by atoms with E-state index in [9.17, 15) is 9.59 Å². The Morgan fingerprint density at radius 1 is 1.12 bits per heavy atom. The zero-order chi connectivity index (χ0) is 18.4. The third kappa shape index (κ3) is 3.14. The molecule has 2 bridgehead atoms. The van der Waals surface area contributed by atoms with Gasteiger partial charge in [-0.2, -0.15) is 0 Å². The van der Waals surface area contributed by atoms with Crippen molar-refractivity contribution in [2.45, 2.75) is 51.6 Å². The number of hydrogen-bond donors (Lipinski definition) is 0. The molecular weight excluding hydrogens is 373 g/mol. The third-order valence-electron chi connectivity index (χ3n) is 5.56. The SMILES string of the molecule is CC1CCC(Oc2cc(N3C(=O)C4=CC(CCC4)C3=O)c(Cl)cc2Cl)C1. The van der Waals surface area contributed by atoms with Gasteiger partial charge in [0.15, 0.2) is 0 Å². The standard InChI is InChI=1S/C20H21Cl2NO3/c1-11-5-6-14(7-11)26-18-10-17(15(21)9-16(18)22)23-19(24)12-3-2-4-13(8-12)20(23)25/h8-12,14H,2-7H2,1H3. The van der Waals surface area contributed by atoms with Crippen molar-refractivity contribution in [2.24, 2.45) is 11.8 Å². The minimum absolute atomic E-state index is 0.103. The van der Waals surface area contributed by atoms with Crippen molar-refractivity contribution in [3.63, 3.8) is 0 Å². The number of carbonyl (C=O) groups is 2. The van der Waals surface area contributed by atoms with Gasteiger partial charge in [0.1, 0.15) is 5.75 Å². The Hall–Kier alpha value is -1.52. The largest absolute Gasteiger partial charge is 0.489 e. The molecule has 1 aromatic carbocycles. The molecule has 0 radical (unpaired) electrons. The van der Waals surface area contributed by atoms with Gasteiger partial charge in [-0.15, -0.1) is 0 Å². The van der Waals surface area contributed by atoms with Crippen LogP contribution in [-0.4, -0.2) is 17.9 Å². The highest BCUT2D eigenvalue weighted by Crippen LogP contribution is 2.42. The van der Waals surface area contributed by atoms with E-state index in [1.54, 1.807) is 12.1 Å². The predicted molar refractivity (Wildman–Crippen MR) is 102 cm³/mol. The molecular formula is C20H21Cl2NO3. The molecule has 1 aliphatic heterocycles. The fourth-order valence-corrected chi connectivity index (χ4v) is 4.67. The molecule has 4 nitrogen and oxygen atoms in total. The lowest BCUT2D eigenvalue weighted by atomic mass is 9.85. The number of halogens is 2. The molecule has 1 fully saturated rings. The third-order valence-corrected chi connectivity index (χ3v) is 6.16. The summed E-state index contributed by atoms with van der Waals surface area (Å²) in [5.41, 5.74) is 1.06. The number of fused-ring (bicyclic) bond motifs is 1. The van der Waals surface area contributed by atoms with Crippen molar-refractivity contribution < 1.29 is 14.3 Å². The molecule has 3 unspecified atom stereocenters. The second kappa shape index (κ2) is 6.90. The van der Waals surface area contributed by atoms with Gasteiger partial charge in [-0.05, 0) is 50.5 Å². The lowest BCUT2D eigenvalue weighted by Crippen LogP contribution is -2.46. The number of amides is 2. The van der Waals surface area contributed by atoms with Crippen LogP contribution >= 0.6 is 23.2 Å². The molecule has 0 saturated heterocycles. The van der Waals surface area contributed by atoms with E-state index >= 15 is 0 Å². The van der Waals surface area contributed by atoms with Crippen molar-refractivity contribution in [1.82, 2.24) is 0 Å². The van der Waals surface area contributed by atoms with Crippen molar-refractivity contribution >= 4 is 40.7 Å². The average molecular weight is 394 g/mol. The van der Waals surface area contributed by atoms with Gasteiger partial charge in [0.25, 0.3) is 5.91 Å². The first-order valence-corrected chi connectivity index (χ1v) is 9.94. The summed E-state index contributed by atoms with van der Waals surface area (Å²) >= 11 is 12.7. The normalized spacial score (nSPS) is 28.3. The molecule has 0 aromatic heterocycles. The van der Waals surface area contributed by atoms with Gasteiger partial charge < -0.3 is 4.74 Å². The molecule has 1 aromatic rings. The molecule has 6 heteroatoms. The number of carbonyl (C=O) groups excluding carboxylic acids is 2. The van der Waals surface area contributed by atoms with Crippen LogP contribution in [0.3, 0.4) is 0 Å². The van der Waals surface area contributed by atoms with E-state index in [0.717, 1.165) is 32.1 Å². The Morgan fingerprint density at radius 3 is 2.65 bits per heavy atom. The minimum Gasteiger partial charge on any atom is -0.489 e. The number of benzene rings is 1. The predicted octanol–water partition coefficient (Wildman–Crippen LogP) is 5.16. The first-order chi connectivity index (χ1) is 12.4. The van der Waals surface area contributed by atoms with E-state index in [4.69, 9.17) is 27.9 Å². The second-order valence-electron chi connectivity index (χ2n) is 7.56. The van der Waals surface area contributed by atoms with Crippen molar-refractivity contribution in [1.29, 1.82) is 0 Å². The summed E-state index contributed by atoms with van der Waals surface area (Å²) in [6.07, 6.45) is 7.33. The number of ether oxygens (including phenoxy) is 1. The summed E-state index contributed by atoms with van der Waals surface area (Å²) in [5.74, 6) is 0.361. The summed E-state index contributed by atoms with van der Waals surface area (Å²) in [4.78, 5) is 26.8. The Balaban J connectivity index is 1.68. The monoisotopic (exact) mass is 393 g/mol. The van der Waals surface area contributed by atoms with E-state index in [-0.39, 0.29) is 28.9 Å². The Morgan fingerprint density at radius 2 is 1.92 bits per heavy atom. The van der Waals surface area contributed by atoms with E-state index in [1.807, 2.05) is 6.08 Å². The molecule has 2 aliphatic carbocycles. The number of hydrogen-bond acceptors (Lipinski definition) is 3. The summed E-state index contributed by atoms with van der Waals surface area (Å²) in [6, 6.07) is 3.20. The lowest BCUT2D eigenvalue weighted by molar-refractivity contribution is -0.128. The number of imide groups is 1. The van der Waals surface area contributed by atoms with Gasteiger partial charge in [-0.25, -0.2) is 4.90 Å². The fraction of sp³-hybridized carbons (Fsp3) is 0.500. The average Bonchev–Trinajstić information content (AvgIpc) is 3.02. The molecule has 1 heterocycles. The first kappa shape index (κ1) is 17.9. The van der Waals surface area contributed by atoms with E-state index in [0.29, 0.717) is 34.4 Å². The molecule has 3 aliphatic rings. The second-order valence-corrected chi connectivity index (χ2v) is 8.38. The molecule has 0 N–H and O–H groups in total. The van der Waals surface area contributed by atoms with Crippen molar-refractivity contribution in [3.8, 4) is 5.75 Å². The van der Waals surface area contributed by atoms with Gasteiger partial charge in [0, 0.05) is 11.6 Å². The quantitative estimate of drug-likeness (QED) is 0.666. The van der Waals surface area contributed by atoms with Crippen LogP contribution in [0.2, 0.25) is 10.0 Å². The van der Waals surface area contributed by atoms with Crippen molar-refractivity contribution in [2.75, 3.05) is 4.90 Å². The molecule has 0 spiro atoms. The molecule has 138 valence electrons. The zero-order valence-corrected chi connectivity index (χ0v) is 16.1. The highest BCUT2D eigenvalue weighted by atomic mass is 35.5. The van der Waals surface area contributed by atoms with Crippen LogP contribution in [0.4, 0.5) is 5.69 Å². The zero-order valence-electron chi connectivity index (χ0n) is 14.6. The minimum atomic E-state index is -0.282.